The zero-order chi connectivity index (χ0) is 13.3. The molecule has 0 aliphatic carbocycles. The van der Waals surface area contributed by atoms with E-state index in [0.29, 0.717) is 5.75 Å². The van der Waals surface area contributed by atoms with Gasteiger partial charge in [0.1, 0.15) is 11.8 Å². The number of rotatable bonds is 3. The molecule has 6 heteroatoms. The second-order valence-corrected chi connectivity index (χ2v) is 5.03. The number of amides is 2. The van der Waals surface area contributed by atoms with Gasteiger partial charge < -0.3 is 10.1 Å². The first-order valence-electron chi connectivity index (χ1n) is 5.45. The Hall–Kier alpha value is -1.56. The van der Waals surface area contributed by atoms with Gasteiger partial charge in [-0.05, 0) is 24.6 Å². The molecular formula is C12H13BrN2O3. The Morgan fingerprint density at radius 2 is 2.17 bits per heavy atom. The number of ether oxygens (including phenoxy) is 1. The Balaban J connectivity index is 2.29. The molecule has 1 aliphatic heterocycles. The number of hydrogen-bond acceptors (Lipinski definition) is 4. The third-order valence-corrected chi connectivity index (χ3v) is 3.23. The van der Waals surface area contributed by atoms with Crippen LogP contribution in [0.5, 0.6) is 5.75 Å². The molecule has 96 valence electrons. The number of carbonyl (C=O) groups excluding carboxylic acids is 2. The number of aryl methyl sites for hydroxylation is 1. The fourth-order valence-electron chi connectivity index (χ4n) is 1.90. The summed E-state index contributed by atoms with van der Waals surface area (Å²) in [6.07, 6.45) is 0.150. The molecule has 0 radical (unpaired) electrons. The van der Waals surface area contributed by atoms with Gasteiger partial charge in [-0.15, -0.1) is 0 Å². The molecule has 1 atom stereocenters. The molecule has 0 aromatic heterocycles. The van der Waals surface area contributed by atoms with E-state index in [-0.39, 0.29) is 18.2 Å². The van der Waals surface area contributed by atoms with Gasteiger partial charge in [0.2, 0.25) is 11.8 Å². The molecule has 1 aromatic carbocycles. The number of anilines is 1. The van der Waals surface area contributed by atoms with Crippen LogP contribution in [0, 0.1) is 6.92 Å². The van der Waals surface area contributed by atoms with E-state index in [2.05, 4.69) is 26.6 Å². The molecular weight excluding hydrogens is 300 g/mol. The van der Waals surface area contributed by atoms with Crippen molar-refractivity contribution in [3.05, 3.63) is 22.2 Å². The van der Waals surface area contributed by atoms with E-state index >= 15 is 0 Å². The second kappa shape index (κ2) is 4.97. The third-order valence-electron chi connectivity index (χ3n) is 2.77. The monoisotopic (exact) mass is 312 g/mol. The Labute approximate surface area is 113 Å². The minimum absolute atomic E-state index is 0.150. The summed E-state index contributed by atoms with van der Waals surface area (Å²) in [5, 5.41) is 5.32. The molecule has 1 aromatic rings. The molecule has 1 unspecified atom stereocenters. The lowest BCUT2D eigenvalue weighted by molar-refractivity contribution is -0.124. The van der Waals surface area contributed by atoms with Crippen molar-refractivity contribution in [3.8, 4) is 5.75 Å². The van der Waals surface area contributed by atoms with Gasteiger partial charge in [0.05, 0.1) is 19.2 Å². The van der Waals surface area contributed by atoms with Crippen LogP contribution in [-0.2, 0) is 9.59 Å². The first-order chi connectivity index (χ1) is 8.51. The van der Waals surface area contributed by atoms with E-state index in [0.717, 1.165) is 15.7 Å². The molecule has 18 heavy (non-hydrogen) atoms. The summed E-state index contributed by atoms with van der Waals surface area (Å²) >= 11 is 3.38. The van der Waals surface area contributed by atoms with Crippen molar-refractivity contribution >= 4 is 33.4 Å². The predicted molar refractivity (Wildman–Crippen MR) is 70.6 cm³/mol. The van der Waals surface area contributed by atoms with Crippen LogP contribution < -0.4 is 15.4 Å². The number of methoxy groups -OCH3 is 1. The second-order valence-electron chi connectivity index (χ2n) is 4.11. The zero-order valence-electron chi connectivity index (χ0n) is 10.0. The molecule has 5 nitrogen and oxygen atoms in total. The largest absolute Gasteiger partial charge is 0.495 e. The van der Waals surface area contributed by atoms with Crippen LogP contribution in [0.1, 0.15) is 12.0 Å². The van der Waals surface area contributed by atoms with E-state index in [9.17, 15) is 9.59 Å². The summed E-state index contributed by atoms with van der Waals surface area (Å²) in [7, 11) is 1.56. The van der Waals surface area contributed by atoms with Crippen molar-refractivity contribution < 1.29 is 14.3 Å². The third kappa shape index (κ3) is 2.48. The number of benzene rings is 1. The standard InChI is InChI=1S/C12H13BrN2O3/c1-6-3-7(13)4-9(18-2)11(6)14-8-5-10(16)15-12(8)17/h3-4,8,14H,5H2,1-2H3,(H,15,16,17). The Morgan fingerprint density at radius 3 is 2.72 bits per heavy atom. The Bertz CT molecular complexity index is 516. The first-order valence-corrected chi connectivity index (χ1v) is 6.25. The van der Waals surface area contributed by atoms with Crippen LogP contribution in [0.25, 0.3) is 0 Å². The lowest BCUT2D eigenvalue weighted by atomic mass is 10.1. The summed E-state index contributed by atoms with van der Waals surface area (Å²) in [5.41, 5.74) is 1.67. The van der Waals surface area contributed by atoms with Crippen molar-refractivity contribution in [3.63, 3.8) is 0 Å². The summed E-state index contributed by atoms with van der Waals surface area (Å²) in [4.78, 5) is 22.7. The highest BCUT2D eigenvalue weighted by Crippen LogP contribution is 2.33. The summed E-state index contributed by atoms with van der Waals surface area (Å²) in [5.74, 6) is 0.0737. The Kier molecular flexibility index (Phi) is 3.56. The van der Waals surface area contributed by atoms with Crippen LogP contribution in [0.2, 0.25) is 0 Å². The fourth-order valence-corrected chi connectivity index (χ4v) is 2.45. The minimum Gasteiger partial charge on any atom is -0.495 e. The molecule has 2 amide bonds. The van der Waals surface area contributed by atoms with Gasteiger partial charge in [0.25, 0.3) is 0 Å². The number of nitrogens with one attached hydrogen (secondary N) is 2. The molecule has 1 saturated heterocycles. The smallest absolute Gasteiger partial charge is 0.249 e. The number of hydrogen-bond donors (Lipinski definition) is 2. The maximum absolute atomic E-state index is 11.5. The highest BCUT2D eigenvalue weighted by atomic mass is 79.9. The zero-order valence-corrected chi connectivity index (χ0v) is 11.6. The summed E-state index contributed by atoms with van der Waals surface area (Å²) in [6.45, 7) is 1.91. The van der Waals surface area contributed by atoms with Crippen LogP contribution in [0.4, 0.5) is 5.69 Å². The molecule has 1 aliphatic rings. The van der Waals surface area contributed by atoms with Crippen molar-refractivity contribution in [1.29, 1.82) is 0 Å². The van der Waals surface area contributed by atoms with Crippen LogP contribution in [0.15, 0.2) is 16.6 Å². The molecule has 1 heterocycles. The predicted octanol–water partition coefficient (Wildman–Crippen LogP) is 1.59. The van der Waals surface area contributed by atoms with Gasteiger partial charge in [0.15, 0.2) is 0 Å². The van der Waals surface area contributed by atoms with E-state index in [1.54, 1.807) is 7.11 Å². The first kappa shape index (κ1) is 12.9. The highest BCUT2D eigenvalue weighted by Gasteiger charge is 2.31. The van der Waals surface area contributed by atoms with Gasteiger partial charge in [-0.3, -0.25) is 14.9 Å². The molecule has 0 saturated carbocycles. The fraction of sp³-hybridized carbons (Fsp3) is 0.333. The van der Waals surface area contributed by atoms with Crippen LogP contribution in [0.3, 0.4) is 0 Å². The number of carbonyl (C=O) groups is 2. The van der Waals surface area contributed by atoms with Crippen LogP contribution >= 0.6 is 15.9 Å². The number of halogens is 1. The van der Waals surface area contributed by atoms with E-state index in [1.165, 1.54) is 0 Å². The van der Waals surface area contributed by atoms with Crippen LogP contribution in [-0.4, -0.2) is 25.0 Å². The maximum Gasteiger partial charge on any atom is 0.249 e. The number of imide groups is 1. The molecule has 1 fully saturated rings. The average Bonchev–Trinajstić information content (AvgIpc) is 2.60. The highest BCUT2D eigenvalue weighted by molar-refractivity contribution is 9.10. The molecule has 0 bridgehead atoms. The van der Waals surface area contributed by atoms with Gasteiger partial charge in [-0.25, -0.2) is 0 Å². The normalized spacial score (nSPS) is 18.7. The topological polar surface area (TPSA) is 67.4 Å². The quantitative estimate of drug-likeness (QED) is 0.832. The lowest BCUT2D eigenvalue weighted by Gasteiger charge is -2.17. The van der Waals surface area contributed by atoms with Gasteiger partial charge in [0, 0.05) is 4.47 Å². The average molecular weight is 313 g/mol. The summed E-state index contributed by atoms with van der Waals surface area (Å²) < 4.78 is 6.17. The van der Waals surface area contributed by atoms with Gasteiger partial charge in [-0.1, -0.05) is 15.9 Å². The Morgan fingerprint density at radius 1 is 1.44 bits per heavy atom. The van der Waals surface area contributed by atoms with E-state index in [1.807, 2.05) is 19.1 Å². The summed E-state index contributed by atoms with van der Waals surface area (Å²) in [6, 6.07) is 3.19. The molecule has 0 spiro atoms. The van der Waals surface area contributed by atoms with Crippen molar-refractivity contribution in [2.45, 2.75) is 19.4 Å². The minimum atomic E-state index is -0.536. The van der Waals surface area contributed by atoms with Crippen molar-refractivity contribution in [2.24, 2.45) is 0 Å². The maximum atomic E-state index is 11.5. The van der Waals surface area contributed by atoms with Crippen molar-refractivity contribution in [2.75, 3.05) is 12.4 Å². The molecule has 2 rings (SSSR count). The van der Waals surface area contributed by atoms with Crippen molar-refractivity contribution in [1.82, 2.24) is 5.32 Å². The van der Waals surface area contributed by atoms with E-state index < -0.39 is 6.04 Å². The van der Waals surface area contributed by atoms with Gasteiger partial charge in [-0.2, -0.15) is 0 Å². The molecule has 2 N–H and O–H groups in total. The SMILES string of the molecule is COc1cc(Br)cc(C)c1NC1CC(=O)NC1=O. The van der Waals surface area contributed by atoms with E-state index in [4.69, 9.17) is 4.74 Å². The van der Waals surface area contributed by atoms with Gasteiger partial charge >= 0.3 is 0 Å². The lowest BCUT2D eigenvalue weighted by Crippen LogP contribution is -2.30.